The Morgan fingerprint density at radius 1 is 1.58 bits per heavy atom. The molecule has 4 unspecified atom stereocenters. The lowest BCUT2D eigenvalue weighted by atomic mass is 9.74. The summed E-state index contributed by atoms with van der Waals surface area (Å²) in [6, 6.07) is 0.215. The van der Waals surface area contributed by atoms with Crippen LogP contribution in [0.25, 0.3) is 0 Å². The van der Waals surface area contributed by atoms with Crippen molar-refractivity contribution in [3.05, 3.63) is 0 Å². The summed E-state index contributed by atoms with van der Waals surface area (Å²) < 4.78 is 0. The molecule has 1 aliphatic carbocycles. The number of ketones is 1. The molecular formula is C13H23N3O3. The van der Waals surface area contributed by atoms with Crippen LogP contribution in [-0.4, -0.2) is 36.9 Å². The van der Waals surface area contributed by atoms with E-state index in [1.807, 2.05) is 0 Å². The van der Waals surface area contributed by atoms with E-state index in [9.17, 15) is 9.59 Å². The highest BCUT2D eigenvalue weighted by atomic mass is 16.7. The van der Waals surface area contributed by atoms with Gasteiger partial charge in [0.25, 0.3) is 0 Å². The monoisotopic (exact) mass is 269 g/mol. The minimum absolute atomic E-state index is 0.0196. The third-order valence-corrected chi connectivity index (χ3v) is 4.31. The average molecular weight is 269 g/mol. The topological polar surface area (TPSA) is 93.5 Å². The van der Waals surface area contributed by atoms with Gasteiger partial charge in [0.15, 0.2) is 0 Å². The fourth-order valence-electron chi connectivity index (χ4n) is 3.06. The summed E-state index contributed by atoms with van der Waals surface area (Å²) in [5.41, 5.74) is 8.28. The molecule has 0 bridgehead atoms. The molecule has 0 aromatic heterocycles. The van der Waals surface area contributed by atoms with Gasteiger partial charge in [0.2, 0.25) is 5.91 Å². The molecule has 1 aliphatic heterocycles. The van der Waals surface area contributed by atoms with E-state index in [1.54, 1.807) is 0 Å². The Kier molecular flexibility index (Phi) is 4.90. The Morgan fingerprint density at radius 3 is 3.11 bits per heavy atom. The van der Waals surface area contributed by atoms with Gasteiger partial charge in [0.05, 0.1) is 12.6 Å². The molecule has 6 heteroatoms. The molecule has 0 spiro atoms. The minimum Gasteiger partial charge on any atom is -0.355 e. The molecule has 19 heavy (non-hydrogen) atoms. The lowest BCUT2D eigenvalue weighted by Gasteiger charge is -2.43. The first-order valence-corrected chi connectivity index (χ1v) is 7.01. The summed E-state index contributed by atoms with van der Waals surface area (Å²) >= 11 is 0. The molecule has 0 radical (unpaired) electrons. The first kappa shape index (κ1) is 14.4. The van der Waals surface area contributed by atoms with Gasteiger partial charge in [0, 0.05) is 25.4 Å². The van der Waals surface area contributed by atoms with Crippen LogP contribution in [0.4, 0.5) is 0 Å². The Balaban J connectivity index is 1.81. The summed E-state index contributed by atoms with van der Waals surface area (Å²) in [6.45, 7) is 2.81. The fraction of sp³-hybridized carbons (Fsp3) is 0.846. The van der Waals surface area contributed by atoms with Gasteiger partial charge >= 0.3 is 0 Å². The molecule has 1 amide bonds. The lowest BCUT2D eigenvalue weighted by Crippen LogP contribution is -2.53. The number of Topliss-reactive ketones (excluding diaryl/α,β-unsaturated/α-hetero) is 1. The van der Waals surface area contributed by atoms with Gasteiger partial charge in [-0.1, -0.05) is 6.92 Å². The predicted molar refractivity (Wildman–Crippen MR) is 70.0 cm³/mol. The molecule has 0 aromatic carbocycles. The second-order valence-electron chi connectivity index (χ2n) is 5.53. The van der Waals surface area contributed by atoms with Gasteiger partial charge in [-0.05, 0) is 24.7 Å². The van der Waals surface area contributed by atoms with Crippen molar-refractivity contribution < 1.29 is 14.4 Å². The number of nitrogens with two attached hydrogens (primary N) is 1. The summed E-state index contributed by atoms with van der Waals surface area (Å²) in [6.07, 6.45) is 2.94. The second kappa shape index (κ2) is 6.45. The van der Waals surface area contributed by atoms with Crippen LogP contribution in [0.15, 0.2) is 0 Å². The Morgan fingerprint density at radius 2 is 2.37 bits per heavy atom. The van der Waals surface area contributed by atoms with E-state index in [2.05, 4.69) is 17.7 Å². The molecule has 0 aromatic rings. The van der Waals surface area contributed by atoms with Gasteiger partial charge in [0.1, 0.15) is 5.78 Å². The van der Waals surface area contributed by atoms with Crippen molar-refractivity contribution in [1.29, 1.82) is 0 Å². The molecule has 1 heterocycles. The van der Waals surface area contributed by atoms with Crippen LogP contribution in [0.3, 0.4) is 0 Å². The van der Waals surface area contributed by atoms with Crippen molar-refractivity contribution in [2.24, 2.45) is 17.6 Å². The largest absolute Gasteiger partial charge is 0.355 e. The van der Waals surface area contributed by atoms with Gasteiger partial charge in [-0.3, -0.25) is 14.4 Å². The second-order valence-corrected chi connectivity index (χ2v) is 5.53. The lowest BCUT2D eigenvalue weighted by molar-refractivity contribution is -0.160. The maximum Gasteiger partial charge on any atom is 0.233 e. The number of fused-ring (bicyclic) bond motifs is 1. The van der Waals surface area contributed by atoms with Crippen molar-refractivity contribution in [3.63, 3.8) is 0 Å². The Labute approximate surface area is 113 Å². The van der Waals surface area contributed by atoms with Gasteiger partial charge in [-0.2, -0.15) is 5.48 Å². The van der Waals surface area contributed by atoms with Crippen LogP contribution in [0.5, 0.6) is 0 Å². The zero-order valence-corrected chi connectivity index (χ0v) is 11.4. The standard InChI is InChI=1S/C13H23N3O3/c1-8-10-3-2-9(17)6-12(10)19-16-11(8)4-5-15-13(18)7-14/h8,10-12,16H,2-7,14H2,1H3,(H,15,18). The molecule has 4 N–H and O–H groups in total. The van der Waals surface area contributed by atoms with Crippen LogP contribution in [0.1, 0.15) is 32.6 Å². The number of hydrogen-bond donors (Lipinski definition) is 3. The number of nitrogens with one attached hydrogen (secondary N) is 2. The SMILES string of the molecule is CC1C(CCNC(=O)CN)NOC2CC(=O)CCC21. The number of rotatable bonds is 4. The molecule has 2 aliphatic rings. The van der Waals surface area contributed by atoms with E-state index in [0.717, 1.165) is 12.8 Å². The van der Waals surface area contributed by atoms with Crippen LogP contribution >= 0.6 is 0 Å². The number of amides is 1. The highest BCUT2D eigenvalue weighted by Gasteiger charge is 2.40. The van der Waals surface area contributed by atoms with Crippen LogP contribution in [-0.2, 0) is 14.4 Å². The van der Waals surface area contributed by atoms with Gasteiger partial charge in [-0.15, -0.1) is 0 Å². The Bertz CT molecular complexity index is 348. The van der Waals surface area contributed by atoms with Crippen LogP contribution in [0, 0.1) is 11.8 Å². The number of carbonyl (C=O) groups is 2. The Hall–Kier alpha value is -0.980. The third-order valence-electron chi connectivity index (χ3n) is 4.31. The van der Waals surface area contributed by atoms with E-state index in [1.165, 1.54) is 0 Å². The molecule has 2 fully saturated rings. The van der Waals surface area contributed by atoms with Crippen molar-refractivity contribution in [1.82, 2.24) is 10.8 Å². The first-order chi connectivity index (χ1) is 9.11. The fourth-order valence-corrected chi connectivity index (χ4v) is 3.06. The van der Waals surface area contributed by atoms with Crippen molar-refractivity contribution >= 4 is 11.7 Å². The summed E-state index contributed by atoms with van der Waals surface area (Å²) in [5.74, 6) is 1.05. The highest BCUT2D eigenvalue weighted by molar-refractivity contribution is 5.79. The molecule has 6 nitrogen and oxygen atoms in total. The first-order valence-electron chi connectivity index (χ1n) is 7.01. The summed E-state index contributed by atoms with van der Waals surface area (Å²) in [7, 11) is 0. The number of hydroxylamine groups is 1. The zero-order chi connectivity index (χ0) is 13.8. The van der Waals surface area contributed by atoms with E-state index < -0.39 is 0 Å². The average Bonchev–Trinajstić information content (AvgIpc) is 2.41. The van der Waals surface area contributed by atoms with E-state index >= 15 is 0 Å². The maximum atomic E-state index is 11.4. The van der Waals surface area contributed by atoms with E-state index in [0.29, 0.717) is 37.0 Å². The maximum absolute atomic E-state index is 11.4. The highest BCUT2D eigenvalue weighted by Crippen LogP contribution is 2.35. The van der Waals surface area contributed by atoms with Crippen molar-refractivity contribution in [2.75, 3.05) is 13.1 Å². The normalized spacial score (nSPS) is 34.7. The van der Waals surface area contributed by atoms with E-state index in [-0.39, 0.29) is 24.6 Å². The molecular weight excluding hydrogens is 246 g/mol. The minimum atomic E-state index is -0.134. The molecule has 108 valence electrons. The predicted octanol–water partition coefficient (Wildman–Crippen LogP) is -0.271. The molecule has 1 saturated heterocycles. The van der Waals surface area contributed by atoms with Crippen molar-refractivity contribution in [2.45, 2.75) is 44.8 Å². The zero-order valence-electron chi connectivity index (χ0n) is 11.4. The summed E-state index contributed by atoms with van der Waals surface area (Å²) in [5, 5.41) is 2.77. The van der Waals surface area contributed by atoms with Crippen LogP contribution < -0.4 is 16.5 Å². The number of hydrogen-bond acceptors (Lipinski definition) is 5. The van der Waals surface area contributed by atoms with E-state index in [4.69, 9.17) is 10.6 Å². The number of carbonyl (C=O) groups excluding carboxylic acids is 2. The smallest absolute Gasteiger partial charge is 0.233 e. The third kappa shape index (κ3) is 3.52. The quantitative estimate of drug-likeness (QED) is 0.653. The molecule has 4 atom stereocenters. The van der Waals surface area contributed by atoms with Crippen LogP contribution in [0.2, 0.25) is 0 Å². The molecule has 1 saturated carbocycles. The van der Waals surface area contributed by atoms with Gasteiger partial charge < -0.3 is 11.1 Å². The summed E-state index contributed by atoms with van der Waals surface area (Å²) in [4.78, 5) is 28.1. The van der Waals surface area contributed by atoms with Crippen molar-refractivity contribution in [3.8, 4) is 0 Å². The molecule has 2 rings (SSSR count). The van der Waals surface area contributed by atoms with Gasteiger partial charge in [-0.25, -0.2) is 0 Å².